The first-order chi connectivity index (χ1) is 4.27. The number of rotatable bonds is 5. The van der Waals surface area contributed by atoms with E-state index in [4.69, 9.17) is 16.2 Å². The van der Waals surface area contributed by atoms with Crippen LogP contribution in [-0.4, -0.2) is 20.4 Å². The summed E-state index contributed by atoms with van der Waals surface area (Å²) in [5.41, 5.74) is 0. The maximum Gasteiger partial charge on any atom is 0.152 e. The van der Waals surface area contributed by atoms with Crippen LogP contribution in [0.2, 0.25) is 0 Å². The van der Waals surface area contributed by atoms with Crippen molar-refractivity contribution < 1.29 is 8.76 Å². The zero-order valence-corrected chi connectivity index (χ0v) is 6.75. The van der Waals surface area contributed by atoms with Crippen molar-refractivity contribution in [1.82, 2.24) is 0 Å². The van der Waals surface area contributed by atoms with Crippen LogP contribution in [-0.2, 0) is 11.1 Å². The fourth-order valence-corrected chi connectivity index (χ4v) is 1.14. The first-order valence-corrected chi connectivity index (χ1v) is 4.72. The van der Waals surface area contributed by atoms with Crippen molar-refractivity contribution in [3.63, 3.8) is 0 Å². The molecule has 1 atom stereocenters. The van der Waals surface area contributed by atoms with Gasteiger partial charge in [-0.2, -0.15) is 0 Å². The molecule has 0 aromatic rings. The molecule has 0 heterocycles. The van der Waals surface area contributed by atoms with Gasteiger partial charge in [0, 0.05) is 11.6 Å². The lowest BCUT2D eigenvalue weighted by molar-refractivity contribution is 0.560. The van der Waals surface area contributed by atoms with Crippen LogP contribution in [0.3, 0.4) is 0 Å². The van der Waals surface area contributed by atoms with Crippen LogP contribution in [0.15, 0.2) is 0 Å². The quantitative estimate of drug-likeness (QED) is 0.387. The summed E-state index contributed by atoms with van der Waals surface area (Å²) >= 11 is 3.77. The summed E-state index contributed by atoms with van der Waals surface area (Å²) in [6.07, 6.45) is 2.70. The van der Waals surface area contributed by atoms with Gasteiger partial charge in [0.15, 0.2) is 11.1 Å². The minimum Gasteiger partial charge on any atom is -0.306 e. The summed E-state index contributed by atoms with van der Waals surface area (Å²) in [5, 5.41) is 0. The predicted octanol–water partition coefficient (Wildman–Crippen LogP) is 1.62. The molecule has 1 N–H and O–H groups in total. The van der Waals surface area contributed by atoms with Gasteiger partial charge < -0.3 is 4.55 Å². The molecule has 4 heteroatoms. The van der Waals surface area contributed by atoms with E-state index in [0.29, 0.717) is 11.6 Å². The third kappa shape index (κ3) is 8.40. The van der Waals surface area contributed by atoms with Gasteiger partial charge in [-0.1, -0.05) is 6.42 Å². The van der Waals surface area contributed by atoms with E-state index in [9.17, 15) is 4.21 Å². The molecule has 0 aliphatic rings. The molecule has 0 bridgehead atoms. The summed E-state index contributed by atoms with van der Waals surface area (Å²) in [5.74, 6) is 1.04. The minimum atomic E-state index is -1.61. The molecule has 2 nitrogen and oxygen atoms in total. The Morgan fingerprint density at radius 2 is 2.00 bits per heavy atom. The van der Waals surface area contributed by atoms with E-state index in [1.54, 1.807) is 0 Å². The molecule has 0 fully saturated rings. The molecule has 9 heavy (non-hydrogen) atoms. The Kier molecular flexibility index (Phi) is 6.81. The molecule has 0 rings (SSSR count). The van der Waals surface area contributed by atoms with Crippen LogP contribution in [0, 0.1) is 0 Å². The van der Waals surface area contributed by atoms with E-state index in [1.807, 2.05) is 0 Å². The average molecular weight is 171 g/mol. The fourth-order valence-electron chi connectivity index (χ4n) is 0.497. The first-order valence-electron chi connectivity index (χ1n) is 2.91. The van der Waals surface area contributed by atoms with Crippen LogP contribution in [0.1, 0.15) is 19.3 Å². The Morgan fingerprint density at radius 3 is 2.44 bits per heavy atom. The van der Waals surface area contributed by atoms with Crippen molar-refractivity contribution in [2.45, 2.75) is 19.3 Å². The SMILES string of the molecule is O=S(O)CCCCCCl. The Hall–Kier alpha value is 0.400. The molecule has 0 aromatic carbocycles. The van der Waals surface area contributed by atoms with E-state index < -0.39 is 11.1 Å². The number of halogens is 1. The van der Waals surface area contributed by atoms with Crippen molar-refractivity contribution in [2.75, 3.05) is 11.6 Å². The third-order valence-corrected chi connectivity index (χ3v) is 1.86. The topological polar surface area (TPSA) is 37.3 Å². The van der Waals surface area contributed by atoms with Gasteiger partial charge in [0.25, 0.3) is 0 Å². The van der Waals surface area contributed by atoms with E-state index in [1.165, 1.54) is 0 Å². The molecule has 0 aliphatic carbocycles. The standard InChI is InChI=1S/C5H11ClO2S/c6-4-2-1-3-5-9(7)8/h1-5H2,(H,7,8). The van der Waals surface area contributed by atoms with Crippen LogP contribution in [0.4, 0.5) is 0 Å². The highest BCUT2D eigenvalue weighted by Crippen LogP contribution is 1.97. The van der Waals surface area contributed by atoms with Crippen LogP contribution in [0.25, 0.3) is 0 Å². The number of hydrogen-bond donors (Lipinski definition) is 1. The Balaban J connectivity index is 2.83. The van der Waals surface area contributed by atoms with Crippen molar-refractivity contribution in [2.24, 2.45) is 0 Å². The van der Waals surface area contributed by atoms with E-state index in [-0.39, 0.29) is 0 Å². The average Bonchev–Trinajstić information content (AvgIpc) is 1.80. The van der Waals surface area contributed by atoms with Gasteiger partial charge >= 0.3 is 0 Å². The van der Waals surface area contributed by atoms with Crippen LogP contribution >= 0.6 is 11.6 Å². The maximum atomic E-state index is 10.0. The zero-order chi connectivity index (χ0) is 7.11. The van der Waals surface area contributed by atoms with Gasteiger partial charge in [-0.3, -0.25) is 0 Å². The van der Waals surface area contributed by atoms with E-state index in [2.05, 4.69) is 0 Å². The molecule has 56 valence electrons. The number of alkyl halides is 1. The van der Waals surface area contributed by atoms with E-state index >= 15 is 0 Å². The maximum absolute atomic E-state index is 10.0. The lowest BCUT2D eigenvalue weighted by atomic mass is 10.3. The van der Waals surface area contributed by atoms with Crippen molar-refractivity contribution in [3.8, 4) is 0 Å². The minimum absolute atomic E-state index is 0.386. The molecular weight excluding hydrogens is 160 g/mol. The predicted molar refractivity (Wildman–Crippen MR) is 40.2 cm³/mol. The molecule has 0 amide bonds. The van der Waals surface area contributed by atoms with Crippen molar-refractivity contribution in [1.29, 1.82) is 0 Å². The molecule has 0 aliphatic heterocycles. The highest BCUT2D eigenvalue weighted by atomic mass is 35.5. The Bertz CT molecular complexity index is 87.0. The smallest absolute Gasteiger partial charge is 0.152 e. The van der Waals surface area contributed by atoms with Gasteiger partial charge in [0.1, 0.15) is 0 Å². The van der Waals surface area contributed by atoms with Gasteiger partial charge in [-0.05, 0) is 12.8 Å². The molecule has 0 radical (unpaired) electrons. The zero-order valence-electron chi connectivity index (χ0n) is 5.18. The van der Waals surface area contributed by atoms with Crippen molar-refractivity contribution in [3.05, 3.63) is 0 Å². The highest BCUT2D eigenvalue weighted by Gasteiger charge is 1.91. The molecular formula is C5H11ClO2S. The van der Waals surface area contributed by atoms with Gasteiger partial charge in [-0.25, -0.2) is 4.21 Å². The third-order valence-electron chi connectivity index (χ3n) is 0.953. The Labute approximate surface area is 62.9 Å². The molecule has 0 spiro atoms. The summed E-state index contributed by atoms with van der Waals surface area (Å²) in [6.45, 7) is 0. The summed E-state index contributed by atoms with van der Waals surface area (Å²) in [6, 6.07) is 0. The second-order valence-electron chi connectivity index (χ2n) is 1.78. The molecule has 0 saturated carbocycles. The summed E-state index contributed by atoms with van der Waals surface area (Å²) < 4.78 is 18.3. The van der Waals surface area contributed by atoms with Gasteiger partial charge in [0.05, 0.1) is 0 Å². The normalized spacial score (nSPS) is 13.6. The number of unbranched alkanes of at least 4 members (excludes halogenated alkanes) is 2. The van der Waals surface area contributed by atoms with Gasteiger partial charge in [0.2, 0.25) is 0 Å². The second kappa shape index (κ2) is 6.52. The largest absolute Gasteiger partial charge is 0.306 e. The summed E-state index contributed by atoms with van der Waals surface area (Å²) in [4.78, 5) is 0. The lowest BCUT2D eigenvalue weighted by Gasteiger charge is -1.92. The van der Waals surface area contributed by atoms with Gasteiger partial charge in [-0.15, -0.1) is 11.6 Å². The molecule has 0 saturated heterocycles. The number of hydrogen-bond acceptors (Lipinski definition) is 1. The lowest BCUT2D eigenvalue weighted by Crippen LogP contribution is -1.94. The van der Waals surface area contributed by atoms with Crippen LogP contribution < -0.4 is 0 Å². The van der Waals surface area contributed by atoms with Crippen molar-refractivity contribution >= 4 is 22.7 Å². The second-order valence-corrected chi connectivity index (χ2v) is 3.20. The molecule has 1 unspecified atom stereocenters. The fraction of sp³-hybridized carbons (Fsp3) is 1.00. The first kappa shape index (κ1) is 9.40. The van der Waals surface area contributed by atoms with E-state index in [0.717, 1.165) is 19.3 Å². The summed E-state index contributed by atoms with van der Waals surface area (Å²) in [7, 11) is 0. The van der Waals surface area contributed by atoms with Crippen LogP contribution in [0.5, 0.6) is 0 Å². The monoisotopic (exact) mass is 170 g/mol. The molecule has 0 aromatic heterocycles. The Morgan fingerprint density at radius 1 is 1.33 bits per heavy atom. The highest BCUT2D eigenvalue weighted by molar-refractivity contribution is 7.79.